The van der Waals surface area contributed by atoms with Crippen molar-refractivity contribution in [2.75, 3.05) is 19.8 Å². The number of carbonyl (C=O) groups excluding carboxylic acids is 1. The highest BCUT2D eigenvalue weighted by Crippen LogP contribution is 2.36. The Morgan fingerprint density at radius 2 is 2.00 bits per heavy atom. The van der Waals surface area contributed by atoms with Gasteiger partial charge in [0.2, 0.25) is 5.91 Å². The fourth-order valence-corrected chi connectivity index (χ4v) is 3.51. The molecular weight excluding hydrogens is 396 g/mol. The SMILES string of the molecule is Cc1cc(-c2cc3ccccc3n2CO)cc(Cl)c1OC[C@@H](O)CNC(=O)CO. The molecule has 0 fully saturated rings. The van der Waals surface area contributed by atoms with E-state index in [0.29, 0.717) is 10.8 Å². The van der Waals surface area contributed by atoms with Gasteiger partial charge in [0, 0.05) is 17.5 Å². The number of benzene rings is 2. The maximum Gasteiger partial charge on any atom is 0.245 e. The number of carbonyl (C=O) groups is 1. The van der Waals surface area contributed by atoms with Crippen LogP contribution < -0.4 is 10.1 Å². The molecule has 1 atom stereocenters. The number of aryl methyl sites for hydroxylation is 1. The lowest BCUT2D eigenvalue weighted by Crippen LogP contribution is -2.36. The first-order valence-corrected chi connectivity index (χ1v) is 9.50. The highest BCUT2D eigenvalue weighted by molar-refractivity contribution is 6.32. The molecule has 0 spiro atoms. The highest BCUT2D eigenvalue weighted by atomic mass is 35.5. The molecule has 0 aliphatic carbocycles. The monoisotopic (exact) mass is 418 g/mol. The number of rotatable bonds is 8. The van der Waals surface area contributed by atoms with Crippen molar-refractivity contribution in [1.82, 2.24) is 9.88 Å². The van der Waals surface area contributed by atoms with Crippen LogP contribution in [0.15, 0.2) is 42.5 Å². The standard InChI is InChI=1S/C21H23ClN2O5/c1-13-6-15(19-8-14-4-2-3-5-18(14)24(19)12-26)7-17(22)21(13)29-11-16(27)9-23-20(28)10-25/h2-8,16,25-27H,9-12H2,1H3,(H,23,28)/t16-/m0/s1. The molecule has 1 amide bonds. The minimum Gasteiger partial charge on any atom is -0.489 e. The predicted molar refractivity (Wildman–Crippen MR) is 111 cm³/mol. The molecule has 154 valence electrons. The third kappa shape index (κ3) is 4.71. The summed E-state index contributed by atoms with van der Waals surface area (Å²) in [6, 6.07) is 13.4. The summed E-state index contributed by atoms with van der Waals surface area (Å²) in [6.45, 7) is 0.942. The summed E-state index contributed by atoms with van der Waals surface area (Å²) in [4.78, 5) is 11.0. The molecule has 0 saturated heterocycles. The Balaban J connectivity index is 1.80. The molecule has 0 aliphatic heterocycles. The number of para-hydroxylation sites is 1. The number of ether oxygens (including phenoxy) is 1. The Hall–Kier alpha value is -2.58. The van der Waals surface area contributed by atoms with Gasteiger partial charge in [-0.3, -0.25) is 4.79 Å². The summed E-state index contributed by atoms with van der Waals surface area (Å²) >= 11 is 6.43. The average molecular weight is 419 g/mol. The van der Waals surface area contributed by atoms with Gasteiger partial charge in [-0.1, -0.05) is 29.8 Å². The van der Waals surface area contributed by atoms with Crippen molar-refractivity contribution in [2.45, 2.75) is 19.8 Å². The lowest BCUT2D eigenvalue weighted by Gasteiger charge is -2.17. The molecule has 8 heteroatoms. The van der Waals surface area contributed by atoms with E-state index in [1.165, 1.54) is 0 Å². The van der Waals surface area contributed by atoms with Crippen LogP contribution >= 0.6 is 11.6 Å². The number of halogens is 1. The summed E-state index contributed by atoms with van der Waals surface area (Å²) in [5.41, 5.74) is 3.36. The van der Waals surface area contributed by atoms with Gasteiger partial charge < -0.3 is 29.9 Å². The normalized spacial score (nSPS) is 12.2. The molecule has 0 radical (unpaired) electrons. The van der Waals surface area contributed by atoms with E-state index in [1.807, 2.05) is 43.3 Å². The minimum absolute atomic E-state index is 0.0370. The van der Waals surface area contributed by atoms with Crippen molar-refractivity contribution >= 4 is 28.4 Å². The van der Waals surface area contributed by atoms with Gasteiger partial charge in [0.25, 0.3) is 0 Å². The Labute approximate surface area is 173 Å². The van der Waals surface area contributed by atoms with Gasteiger partial charge in [0.05, 0.1) is 16.2 Å². The number of amides is 1. The van der Waals surface area contributed by atoms with Crippen LogP contribution in [0.4, 0.5) is 0 Å². The maximum atomic E-state index is 11.0. The van der Waals surface area contributed by atoms with Crippen LogP contribution in [0.3, 0.4) is 0 Å². The van der Waals surface area contributed by atoms with E-state index in [-0.39, 0.29) is 19.9 Å². The van der Waals surface area contributed by atoms with Crippen LogP contribution in [0.25, 0.3) is 22.2 Å². The predicted octanol–water partition coefficient (Wildman–Crippen LogP) is 2.07. The summed E-state index contributed by atoms with van der Waals surface area (Å²) in [7, 11) is 0. The van der Waals surface area contributed by atoms with Crippen molar-refractivity contribution in [3.8, 4) is 17.0 Å². The van der Waals surface area contributed by atoms with Crippen molar-refractivity contribution in [1.29, 1.82) is 0 Å². The van der Waals surface area contributed by atoms with Crippen molar-refractivity contribution in [3.63, 3.8) is 0 Å². The first-order chi connectivity index (χ1) is 13.9. The second kappa shape index (κ2) is 9.28. The molecule has 0 saturated carbocycles. The van der Waals surface area contributed by atoms with Crippen LogP contribution in [0.2, 0.25) is 5.02 Å². The van der Waals surface area contributed by atoms with E-state index in [1.54, 1.807) is 10.6 Å². The van der Waals surface area contributed by atoms with Gasteiger partial charge in [-0.25, -0.2) is 0 Å². The highest BCUT2D eigenvalue weighted by Gasteiger charge is 2.15. The van der Waals surface area contributed by atoms with Crippen LogP contribution in [0, 0.1) is 6.92 Å². The summed E-state index contributed by atoms with van der Waals surface area (Å²) < 4.78 is 7.45. The molecule has 4 N–H and O–H groups in total. The third-order valence-electron chi connectivity index (χ3n) is 4.58. The molecule has 0 unspecified atom stereocenters. The largest absolute Gasteiger partial charge is 0.489 e. The van der Waals surface area contributed by atoms with Crippen LogP contribution in [0.5, 0.6) is 5.75 Å². The van der Waals surface area contributed by atoms with Crippen molar-refractivity contribution in [3.05, 3.63) is 53.1 Å². The summed E-state index contributed by atoms with van der Waals surface area (Å²) in [5.74, 6) is -0.128. The molecule has 3 aromatic rings. The Morgan fingerprint density at radius 3 is 2.69 bits per heavy atom. The van der Waals surface area contributed by atoms with Gasteiger partial charge in [-0.05, 0) is 36.8 Å². The Bertz CT molecular complexity index is 994. The minimum atomic E-state index is -0.947. The average Bonchev–Trinajstić information content (AvgIpc) is 3.09. The first-order valence-electron chi connectivity index (χ1n) is 9.12. The number of hydrogen-bond donors (Lipinski definition) is 4. The van der Waals surface area contributed by atoms with Crippen LogP contribution in [0.1, 0.15) is 5.56 Å². The molecule has 1 aromatic heterocycles. The molecule has 0 aliphatic rings. The summed E-state index contributed by atoms with van der Waals surface area (Å²) in [5, 5.41) is 32.2. The first kappa shape index (κ1) is 21.1. The third-order valence-corrected chi connectivity index (χ3v) is 4.86. The maximum absolute atomic E-state index is 11.0. The van der Waals surface area contributed by atoms with E-state index in [4.69, 9.17) is 21.4 Å². The number of aliphatic hydroxyl groups is 3. The number of nitrogens with zero attached hydrogens (tertiary/aromatic N) is 1. The second-order valence-electron chi connectivity index (χ2n) is 6.69. The molecule has 29 heavy (non-hydrogen) atoms. The zero-order chi connectivity index (χ0) is 21.0. The molecule has 2 aromatic carbocycles. The van der Waals surface area contributed by atoms with Gasteiger partial charge in [-0.2, -0.15) is 0 Å². The zero-order valence-corrected chi connectivity index (χ0v) is 16.7. The molecule has 0 bridgehead atoms. The van der Waals surface area contributed by atoms with Gasteiger partial charge >= 0.3 is 0 Å². The molecular formula is C21H23ClN2O5. The topological polar surface area (TPSA) is 104 Å². The fourth-order valence-electron chi connectivity index (χ4n) is 3.19. The smallest absolute Gasteiger partial charge is 0.245 e. The van der Waals surface area contributed by atoms with E-state index >= 15 is 0 Å². The molecule has 7 nitrogen and oxygen atoms in total. The summed E-state index contributed by atoms with van der Waals surface area (Å²) in [6.07, 6.45) is -0.947. The van der Waals surface area contributed by atoms with E-state index < -0.39 is 18.6 Å². The van der Waals surface area contributed by atoms with Crippen molar-refractivity contribution < 1.29 is 24.9 Å². The van der Waals surface area contributed by atoms with E-state index in [2.05, 4.69) is 5.32 Å². The lowest BCUT2D eigenvalue weighted by atomic mass is 10.1. The van der Waals surface area contributed by atoms with Gasteiger partial charge in [-0.15, -0.1) is 0 Å². The Morgan fingerprint density at radius 1 is 1.24 bits per heavy atom. The number of aromatic nitrogens is 1. The number of fused-ring (bicyclic) bond motifs is 1. The van der Waals surface area contributed by atoms with Gasteiger partial charge in [0.1, 0.15) is 31.8 Å². The van der Waals surface area contributed by atoms with E-state index in [9.17, 15) is 15.0 Å². The lowest BCUT2D eigenvalue weighted by molar-refractivity contribution is -0.124. The van der Waals surface area contributed by atoms with Crippen LogP contribution in [-0.4, -0.2) is 51.7 Å². The zero-order valence-electron chi connectivity index (χ0n) is 15.9. The molecule has 1 heterocycles. The fraction of sp³-hybridized carbons (Fsp3) is 0.286. The van der Waals surface area contributed by atoms with Crippen LogP contribution in [-0.2, 0) is 11.5 Å². The van der Waals surface area contributed by atoms with Crippen molar-refractivity contribution in [2.24, 2.45) is 0 Å². The Kier molecular flexibility index (Phi) is 6.76. The number of nitrogens with one attached hydrogen (secondary N) is 1. The number of hydrogen-bond acceptors (Lipinski definition) is 5. The van der Waals surface area contributed by atoms with Gasteiger partial charge in [0.15, 0.2) is 0 Å². The molecule has 3 rings (SSSR count). The number of aliphatic hydroxyl groups excluding tert-OH is 3. The van der Waals surface area contributed by atoms with E-state index in [0.717, 1.165) is 27.7 Å². The second-order valence-corrected chi connectivity index (χ2v) is 7.10. The quantitative estimate of drug-likeness (QED) is 0.448.